The highest BCUT2D eigenvalue weighted by Crippen LogP contribution is 2.29. The molecule has 4 nitrogen and oxygen atoms in total. The second-order valence-corrected chi connectivity index (χ2v) is 5.81. The third kappa shape index (κ3) is 4.63. The molecule has 0 aromatic heterocycles. The number of methoxy groups -OCH3 is 1. The maximum Gasteiger partial charge on any atom is 0.251 e. The predicted molar refractivity (Wildman–Crippen MR) is 101 cm³/mol. The quantitative estimate of drug-likeness (QED) is 0.697. The summed E-state index contributed by atoms with van der Waals surface area (Å²) in [6, 6.07) is 24.8. The van der Waals surface area contributed by atoms with Crippen molar-refractivity contribution in [2.75, 3.05) is 7.11 Å². The Kier molecular flexibility index (Phi) is 5.88. The zero-order valence-electron chi connectivity index (χ0n) is 14.6. The van der Waals surface area contributed by atoms with Crippen molar-refractivity contribution in [3.05, 3.63) is 95.6 Å². The Labute approximate surface area is 153 Å². The van der Waals surface area contributed by atoms with Crippen LogP contribution in [0.1, 0.15) is 21.5 Å². The summed E-state index contributed by atoms with van der Waals surface area (Å²) in [5, 5.41) is 2.92. The van der Waals surface area contributed by atoms with Crippen LogP contribution >= 0.6 is 0 Å². The number of ether oxygens (including phenoxy) is 2. The molecule has 1 N–H and O–H groups in total. The van der Waals surface area contributed by atoms with Crippen LogP contribution in [-0.4, -0.2) is 13.0 Å². The number of nitrogens with one attached hydrogen (secondary N) is 1. The third-order valence-electron chi connectivity index (χ3n) is 3.95. The van der Waals surface area contributed by atoms with Gasteiger partial charge < -0.3 is 14.8 Å². The first kappa shape index (κ1) is 17.5. The molecular formula is C22H21NO3. The highest BCUT2D eigenvalue weighted by atomic mass is 16.5. The van der Waals surface area contributed by atoms with Gasteiger partial charge in [-0.3, -0.25) is 4.79 Å². The predicted octanol–water partition coefficient (Wildman–Crippen LogP) is 4.20. The van der Waals surface area contributed by atoms with Crippen molar-refractivity contribution in [1.29, 1.82) is 0 Å². The van der Waals surface area contributed by atoms with Crippen molar-refractivity contribution < 1.29 is 14.3 Å². The fourth-order valence-electron chi connectivity index (χ4n) is 2.55. The van der Waals surface area contributed by atoms with Gasteiger partial charge in [0.25, 0.3) is 5.91 Å². The smallest absolute Gasteiger partial charge is 0.251 e. The van der Waals surface area contributed by atoms with Crippen LogP contribution in [0.15, 0.2) is 78.9 Å². The van der Waals surface area contributed by atoms with Crippen LogP contribution in [0, 0.1) is 0 Å². The van der Waals surface area contributed by atoms with Crippen LogP contribution in [0.3, 0.4) is 0 Å². The van der Waals surface area contributed by atoms with Crippen LogP contribution in [0.25, 0.3) is 0 Å². The largest absolute Gasteiger partial charge is 0.493 e. The molecule has 3 aromatic carbocycles. The molecule has 26 heavy (non-hydrogen) atoms. The average molecular weight is 347 g/mol. The number of hydrogen-bond acceptors (Lipinski definition) is 3. The fourth-order valence-corrected chi connectivity index (χ4v) is 2.55. The molecule has 0 spiro atoms. The lowest BCUT2D eigenvalue weighted by atomic mass is 10.1. The van der Waals surface area contributed by atoms with Crippen molar-refractivity contribution in [2.45, 2.75) is 13.2 Å². The standard InChI is InChI=1S/C22H21NO3/c1-25-20-13-12-18(15-23-22(24)19-10-6-3-7-11-19)14-21(20)26-16-17-8-4-2-5-9-17/h2-14H,15-16H2,1H3,(H,23,24). The molecule has 4 heteroatoms. The molecule has 1 amide bonds. The number of benzene rings is 3. The molecule has 0 fully saturated rings. The van der Waals surface area contributed by atoms with Crippen molar-refractivity contribution in [3.63, 3.8) is 0 Å². The first-order valence-electron chi connectivity index (χ1n) is 8.43. The second kappa shape index (κ2) is 8.72. The van der Waals surface area contributed by atoms with Crippen molar-refractivity contribution in [3.8, 4) is 11.5 Å². The lowest BCUT2D eigenvalue weighted by molar-refractivity contribution is 0.0951. The summed E-state index contributed by atoms with van der Waals surface area (Å²) in [4.78, 5) is 12.2. The van der Waals surface area contributed by atoms with Crippen molar-refractivity contribution in [1.82, 2.24) is 5.32 Å². The minimum atomic E-state index is -0.104. The molecule has 0 unspecified atom stereocenters. The maximum absolute atomic E-state index is 12.2. The molecule has 0 bridgehead atoms. The van der Waals surface area contributed by atoms with E-state index in [9.17, 15) is 4.79 Å². The SMILES string of the molecule is COc1ccc(CNC(=O)c2ccccc2)cc1OCc1ccccc1. The first-order valence-corrected chi connectivity index (χ1v) is 8.43. The van der Waals surface area contributed by atoms with Crippen LogP contribution < -0.4 is 14.8 Å². The summed E-state index contributed by atoms with van der Waals surface area (Å²) in [5.74, 6) is 1.22. The van der Waals surface area contributed by atoms with Gasteiger partial charge in [0.15, 0.2) is 11.5 Å². The van der Waals surface area contributed by atoms with E-state index in [0.717, 1.165) is 11.1 Å². The van der Waals surface area contributed by atoms with E-state index < -0.39 is 0 Å². The number of amides is 1. The molecule has 3 aromatic rings. The van der Waals surface area contributed by atoms with Gasteiger partial charge in [-0.25, -0.2) is 0 Å². The van der Waals surface area contributed by atoms with Gasteiger partial charge in [-0.2, -0.15) is 0 Å². The second-order valence-electron chi connectivity index (χ2n) is 5.81. The van der Waals surface area contributed by atoms with Gasteiger partial charge in [0.2, 0.25) is 0 Å². The normalized spacial score (nSPS) is 10.2. The van der Waals surface area contributed by atoms with E-state index in [0.29, 0.717) is 30.2 Å². The Balaban J connectivity index is 1.65. The minimum Gasteiger partial charge on any atom is -0.493 e. The molecule has 0 aliphatic rings. The zero-order valence-corrected chi connectivity index (χ0v) is 14.6. The molecular weight excluding hydrogens is 326 g/mol. The third-order valence-corrected chi connectivity index (χ3v) is 3.95. The molecule has 0 saturated heterocycles. The van der Waals surface area contributed by atoms with Crippen molar-refractivity contribution >= 4 is 5.91 Å². The van der Waals surface area contributed by atoms with E-state index >= 15 is 0 Å². The van der Waals surface area contributed by atoms with Crippen LogP contribution in [-0.2, 0) is 13.2 Å². The Morgan fingerprint density at radius 2 is 1.54 bits per heavy atom. The Morgan fingerprint density at radius 3 is 2.23 bits per heavy atom. The molecule has 3 rings (SSSR count). The highest BCUT2D eigenvalue weighted by Gasteiger charge is 2.08. The molecule has 0 heterocycles. The zero-order chi connectivity index (χ0) is 18.2. The minimum absolute atomic E-state index is 0.104. The number of carbonyl (C=O) groups is 1. The van der Waals surface area contributed by atoms with E-state index in [-0.39, 0.29) is 5.91 Å². The molecule has 0 saturated carbocycles. The fraction of sp³-hybridized carbons (Fsp3) is 0.136. The summed E-state index contributed by atoms with van der Waals surface area (Å²) in [7, 11) is 1.61. The lowest BCUT2D eigenvalue weighted by Gasteiger charge is -2.13. The molecule has 0 aliphatic carbocycles. The summed E-state index contributed by atoms with van der Waals surface area (Å²) >= 11 is 0. The van der Waals surface area contributed by atoms with Crippen LogP contribution in [0.5, 0.6) is 11.5 Å². The van der Waals surface area contributed by atoms with Gasteiger partial charge in [0, 0.05) is 12.1 Å². The van der Waals surface area contributed by atoms with Crippen LogP contribution in [0.2, 0.25) is 0 Å². The molecule has 132 valence electrons. The molecule has 0 radical (unpaired) electrons. The Bertz CT molecular complexity index is 848. The Hall–Kier alpha value is -3.27. The van der Waals surface area contributed by atoms with Gasteiger partial charge in [-0.05, 0) is 35.4 Å². The van der Waals surface area contributed by atoms with Crippen LogP contribution in [0.4, 0.5) is 0 Å². The topological polar surface area (TPSA) is 47.6 Å². The van der Waals surface area contributed by atoms with E-state index in [4.69, 9.17) is 9.47 Å². The molecule has 0 atom stereocenters. The van der Waals surface area contributed by atoms with Gasteiger partial charge >= 0.3 is 0 Å². The number of rotatable bonds is 7. The lowest BCUT2D eigenvalue weighted by Crippen LogP contribution is -2.22. The summed E-state index contributed by atoms with van der Waals surface area (Å²) < 4.78 is 11.3. The van der Waals surface area contributed by atoms with Gasteiger partial charge in [0.1, 0.15) is 6.61 Å². The summed E-state index contributed by atoms with van der Waals surface area (Å²) in [6.45, 7) is 0.871. The maximum atomic E-state index is 12.2. The summed E-state index contributed by atoms with van der Waals surface area (Å²) in [5.41, 5.74) is 2.66. The monoisotopic (exact) mass is 347 g/mol. The molecule has 0 aliphatic heterocycles. The summed E-state index contributed by atoms with van der Waals surface area (Å²) in [6.07, 6.45) is 0. The van der Waals surface area contributed by atoms with Crippen molar-refractivity contribution in [2.24, 2.45) is 0 Å². The van der Waals surface area contributed by atoms with E-state index in [1.165, 1.54) is 0 Å². The van der Waals surface area contributed by atoms with E-state index in [1.54, 1.807) is 19.2 Å². The average Bonchev–Trinajstić information content (AvgIpc) is 2.72. The van der Waals surface area contributed by atoms with Gasteiger partial charge in [-0.1, -0.05) is 54.6 Å². The number of hydrogen-bond donors (Lipinski definition) is 1. The first-order chi connectivity index (χ1) is 12.8. The van der Waals surface area contributed by atoms with E-state index in [1.807, 2.05) is 66.7 Å². The Morgan fingerprint density at radius 1 is 0.846 bits per heavy atom. The highest BCUT2D eigenvalue weighted by molar-refractivity contribution is 5.94. The number of carbonyl (C=O) groups excluding carboxylic acids is 1. The van der Waals surface area contributed by atoms with Gasteiger partial charge in [-0.15, -0.1) is 0 Å². The van der Waals surface area contributed by atoms with E-state index in [2.05, 4.69) is 5.32 Å². The van der Waals surface area contributed by atoms with Gasteiger partial charge in [0.05, 0.1) is 7.11 Å².